The van der Waals surface area contributed by atoms with Crippen LogP contribution in [0.3, 0.4) is 0 Å². The number of halogens is 3. The Kier molecular flexibility index (Phi) is 5.42. The standard InChI is InChI=1S/C10H19F3/c1-4-6-7-9(8(3)5-2)10(11,12)13/h8-9H,4-7H2,1-3H3/t8?,9-/m0/s1. The van der Waals surface area contributed by atoms with Crippen molar-refractivity contribution in [3.8, 4) is 0 Å². The van der Waals surface area contributed by atoms with Crippen LogP contribution in [0.1, 0.15) is 46.5 Å². The summed E-state index contributed by atoms with van der Waals surface area (Å²) in [6, 6.07) is 0. The van der Waals surface area contributed by atoms with Crippen LogP contribution >= 0.6 is 0 Å². The molecule has 3 heteroatoms. The first-order valence-electron chi connectivity index (χ1n) is 5.00. The van der Waals surface area contributed by atoms with Gasteiger partial charge in [-0.1, -0.05) is 40.0 Å². The van der Waals surface area contributed by atoms with Gasteiger partial charge in [-0.05, 0) is 12.3 Å². The molecule has 0 aromatic rings. The van der Waals surface area contributed by atoms with Crippen molar-refractivity contribution in [3.05, 3.63) is 0 Å². The number of hydrogen-bond acceptors (Lipinski definition) is 0. The van der Waals surface area contributed by atoms with Crippen molar-refractivity contribution >= 4 is 0 Å². The van der Waals surface area contributed by atoms with Gasteiger partial charge in [-0.15, -0.1) is 0 Å². The van der Waals surface area contributed by atoms with E-state index in [1.807, 2.05) is 13.8 Å². The van der Waals surface area contributed by atoms with Gasteiger partial charge in [0, 0.05) is 0 Å². The maximum Gasteiger partial charge on any atom is 0.392 e. The Morgan fingerprint density at radius 2 is 1.69 bits per heavy atom. The highest BCUT2D eigenvalue weighted by Crippen LogP contribution is 2.36. The fraction of sp³-hybridized carbons (Fsp3) is 1.00. The number of unbranched alkanes of at least 4 members (excludes halogenated alkanes) is 1. The maximum atomic E-state index is 12.5. The second-order valence-electron chi connectivity index (χ2n) is 3.68. The number of hydrogen-bond donors (Lipinski definition) is 0. The first-order chi connectivity index (χ1) is 5.93. The molecule has 0 saturated heterocycles. The highest BCUT2D eigenvalue weighted by Gasteiger charge is 2.41. The third-order valence-electron chi connectivity index (χ3n) is 2.62. The third kappa shape index (κ3) is 4.53. The summed E-state index contributed by atoms with van der Waals surface area (Å²) in [5.74, 6) is -1.34. The molecule has 2 atom stereocenters. The van der Waals surface area contributed by atoms with Gasteiger partial charge < -0.3 is 0 Å². The van der Waals surface area contributed by atoms with Crippen molar-refractivity contribution in [2.75, 3.05) is 0 Å². The SMILES string of the molecule is CCCC[C@@H](C(C)CC)C(F)(F)F. The van der Waals surface area contributed by atoms with E-state index in [0.29, 0.717) is 12.8 Å². The van der Waals surface area contributed by atoms with Gasteiger partial charge in [0.05, 0.1) is 5.92 Å². The molecule has 0 nitrogen and oxygen atoms in total. The van der Waals surface area contributed by atoms with Crippen molar-refractivity contribution in [2.45, 2.75) is 52.6 Å². The molecule has 0 aliphatic rings. The Bertz CT molecular complexity index is 129. The van der Waals surface area contributed by atoms with Crippen LogP contribution in [0.4, 0.5) is 13.2 Å². The third-order valence-corrected chi connectivity index (χ3v) is 2.62. The average Bonchev–Trinajstić information content (AvgIpc) is 2.02. The normalized spacial score (nSPS) is 17.1. The summed E-state index contributed by atoms with van der Waals surface area (Å²) in [5, 5.41) is 0. The lowest BCUT2D eigenvalue weighted by molar-refractivity contribution is -0.189. The highest BCUT2D eigenvalue weighted by atomic mass is 19.4. The predicted molar refractivity (Wildman–Crippen MR) is 48.5 cm³/mol. The molecule has 0 fully saturated rings. The van der Waals surface area contributed by atoms with E-state index in [1.54, 1.807) is 6.92 Å². The van der Waals surface area contributed by atoms with Crippen LogP contribution in [0.25, 0.3) is 0 Å². The van der Waals surface area contributed by atoms with Crippen LogP contribution < -0.4 is 0 Å². The van der Waals surface area contributed by atoms with Crippen LogP contribution in [0.15, 0.2) is 0 Å². The maximum absolute atomic E-state index is 12.5. The molecule has 0 heterocycles. The van der Waals surface area contributed by atoms with Crippen LogP contribution in [-0.4, -0.2) is 6.18 Å². The van der Waals surface area contributed by atoms with Crippen LogP contribution in [-0.2, 0) is 0 Å². The van der Waals surface area contributed by atoms with E-state index in [0.717, 1.165) is 6.42 Å². The largest absolute Gasteiger partial charge is 0.392 e. The summed E-state index contributed by atoms with van der Waals surface area (Å²) >= 11 is 0. The molecular weight excluding hydrogens is 177 g/mol. The molecule has 0 amide bonds. The molecule has 0 spiro atoms. The van der Waals surface area contributed by atoms with E-state index in [4.69, 9.17) is 0 Å². The van der Waals surface area contributed by atoms with Crippen LogP contribution in [0, 0.1) is 11.8 Å². The first kappa shape index (κ1) is 12.8. The lowest BCUT2D eigenvalue weighted by Crippen LogP contribution is -2.28. The average molecular weight is 196 g/mol. The van der Waals surface area contributed by atoms with Crippen LogP contribution in [0.2, 0.25) is 0 Å². The summed E-state index contributed by atoms with van der Waals surface area (Å²) in [6.07, 6.45) is -1.61. The molecule has 0 aliphatic heterocycles. The minimum atomic E-state index is -4.01. The van der Waals surface area contributed by atoms with Crippen molar-refractivity contribution in [1.82, 2.24) is 0 Å². The smallest absolute Gasteiger partial charge is 0.171 e. The zero-order valence-electron chi connectivity index (χ0n) is 8.62. The molecule has 1 unspecified atom stereocenters. The van der Waals surface area contributed by atoms with E-state index < -0.39 is 12.1 Å². The van der Waals surface area contributed by atoms with Crippen LogP contribution in [0.5, 0.6) is 0 Å². The molecule has 0 saturated carbocycles. The zero-order chi connectivity index (χ0) is 10.5. The monoisotopic (exact) mass is 196 g/mol. The van der Waals surface area contributed by atoms with Gasteiger partial charge in [0.2, 0.25) is 0 Å². The van der Waals surface area contributed by atoms with Gasteiger partial charge >= 0.3 is 6.18 Å². The van der Waals surface area contributed by atoms with Gasteiger partial charge in [-0.3, -0.25) is 0 Å². The Labute approximate surface area is 78.5 Å². The second kappa shape index (κ2) is 5.51. The first-order valence-corrected chi connectivity index (χ1v) is 5.00. The molecule has 13 heavy (non-hydrogen) atoms. The highest BCUT2D eigenvalue weighted by molar-refractivity contribution is 4.72. The summed E-state index contributed by atoms with van der Waals surface area (Å²) in [4.78, 5) is 0. The van der Waals surface area contributed by atoms with Crippen molar-refractivity contribution in [3.63, 3.8) is 0 Å². The predicted octanol–water partition coefficient (Wildman–Crippen LogP) is 4.40. The van der Waals surface area contributed by atoms with E-state index in [2.05, 4.69) is 0 Å². The summed E-state index contributed by atoms with van der Waals surface area (Å²) < 4.78 is 37.4. The van der Waals surface area contributed by atoms with Gasteiger partial charge in [0.25, 0.3) is 0 Å². The minimum Gasteiger partial charge on any atom is -0.171 e. The van der Waals surface area contributed by atoms with E-state index >= 15 is 0 Å². The Hall–Kier alpha value is -0.210. The quantitative estimate of drug-likeness (QED) is 0.611. The molecule has 0 aromatic carbocycles. The lowest BCUT2D eigenvalue weighted by atomic mass is 9.87. The molecule has 0 radical (unpaired) electrons. The summed E-state index contributed by atoms with van der Waals surface area (Å²) in [5.41, 5.74) is 0. The Balaban J connectivity index is 4.19. The van der Waals surface area contributed by atoms with Gasteiger partial charge in [-0.2, -0.15) is 13.2 Å². The van der Waals surface area contributed by atoms with Crippen molar-refractivity contribution in [2.24, 2.45) is 11.8 Å². The molecule has 0 rings (SSSR count). The number of alkyl halides is 3. The second-order valence-corrected chi connectivity index (χ2v) is 3.68. The fourth-order valence-electron chi connectivity index (χ4n) is 1.48. The molecular formula is C10H19F3. The van der Waals surface area contributed by atoms with Crippen molar-refractivity contribution < 1.29 is 13.2 Å². The van der Waals surface area contributed by atoms with E-state index in [9.17, 15) is 13.2 Å². The zero-order valence-corrected chi connectivity index (χ0v) is 8.62. The van der Waals surface area contributed by atoms with E-state index in [-0.39, 0.29) is 12.3 Å². The van der Waals surface area contributed by atoms with Gasteiger partial charge in [0.1, 0.15) is 0 Å². The Morgan fingerprint density at radius 1 is 1.15 bits per heavy atom. The molecule has 0 aliphatic carbocycles. The van der Waals surface area contributed by atoms with Gasteiger partial charge in [0.15, 0.2) is 0 Å². The molecule has 80 valence electrons. The molecule has 0 bridgehead atoms. The summed E-state index contributed by atoms with van der Waals surface area (Å²) in [7, 11) is 0. The number of rotatable bonds is 5. The topological polar surface area (TPSA) is 0 Å². The summed E-state index contributed by atoms with van der Waals surface area (Å²) in [6.45, 7) is 5.42. The fourth-order valence-corrected chi connectivity index (χ4v) is 1.48. The molecule has 0 aromatic heterocycles. The minimum absolute atomic E-state index is 0.244. The molecule has 0 N–H and O–H groups in total. The van der Waals surface area contributed by atoms with E-state index in [1.165, 1.54) is 0 Å². The van der Waals surface area contributed by atoms with Crippen molar-refractivity contribution in [1.29, 1.82) is 0 Å². The van der Waals surface area contributed by atoms with Gasteiger partial charge in [-0.25, -0.2) is 0 Å². The lowest BCUT2D eigenvalue weighted by Gasteiger charge is -2.25. The Morgan fingerprint density at radius 3 is 2.00 bits per heavy atom.